The number of nitrogens with one attached hydrogen (secondary N) is 2. The lowest BCUT2D eigenvalue weighted by Crippen LogP contribution is -2.43. The Kier molecular flexibility index (Phi) is 9.54. The molecule has 0 bridgehead atoms. The number of pyridine rings is 1. The first kappa shape index (κ1) is 28.9. The lowest BCUT2D eigenvalue weighted by atomic mass is 10.2. The van der Waals surface area contributed by atoms with Gasteiger partial charge < -0.3 is 29.7 Å². The second kappa shape index (κ2) is 13.9. The standard InChI is InChI=1S/C29H34N8O5/c1-35-20-21-18-31-28(33-23-8-9-26(30-19-23)42-16-15-40-2)34-27(21)37(29(35)39)24-6-3-5-22(17-24)32-25(38)7-4-10-36-11-13-41-14-12-36/h3-9,17-19H,10-16,20H2,1-2H3,(H,32,38)(H,31,33,34)/b7-4+. The second-order valence-corrected chi connectivity index (χ2v) is 9.72. The molecule has 0 atom stereocenters. The number of fused-ring (bicyclic) bond motifs is 1. The van der Waals surface area contributed by atoms with Gasteiger partial charge in [-0.2, -0.15) is 4.98 Å². The summed E-state index contributed by atoms with van der Waals surface area (Å²) in [6, 6.07) is 10.4. The molecule has 4 heterocycles. The number of hydrogen-bond donors (Lipinski definition) is 2. The van der Waals surface area contributed by atoms with E-state index < -0.39 is 0 Å². The maximum atomic E-state index is 13.4. The van der Waals surface area contributed by atoms with Crippen LogP contribution in [0.3, 0.4) is 0 Å². The molecule has 5 rings (SSSR count). The summed E-state index contributed by atoms with van der Waals surface area (Å²) in [5.74, 6) is 0.988. The van der Waals surface area contributed by atoms with Crippen molar-refractivity contribution < 1.29 is 23.8 Å². The largest absolute Gasteiger partial charge is 0.475 e. The Morgan fingerprint density at radius 2 is 1.95 bits per heavy atom. The van der Waals surface area contributed by atoms with Crippen LogP contribution in [0.5, 0.6) is 5.88 Å². The number of methoxy groups -OCH3 is 1. The zero-order valence-electron chi connectivity index (χ0n) is 23.7. The van der Waals surface area contributed by atoms with Gasteiger partial charge in [0.2, 0.25) is 17.7 Å². The lowest BCUT2D eigenvalue weighted by molar-refractivity contribution is -0.111. The Labute approximate surface area is 244 Å². The van der Waals surface area contributed by atoms with Gasteiger partial charge >= 0.3 is 6.03 Å². The molecular weight excluding hydrogens is 540 g/mol. The third-order valence-electron chi connectivity index (χ3n) is 6.62. The molecule has 13 nitrogen and oxygen atoms in total. The van der Waals surface area contributed by atoms with Gasteiger partial charge in [-0.1, -0.05) is 12.1 Å². The molecule has 1 saturated heterocycles. The first-order valence-electron chi connectivity index (χ1n) is 13.6. The zero-order valence-corrected chi connectivity index (χ0v) is 23.7. The molecule has 0 spiro atoms. The van der Waals surface area contributed by atoms with Crippen molar-refractivity contribution in [3.63, 3.8) is 0 Å². The van der Waals surface area contributed by atoms with Gasteiger partial charge in [-0.3, -0.25) is 9.69 Å². The average molecular weight is 575 g/mol. The van der Waals surface area contributed by atoms with Gasteiger partial charge in [0, 0.05) is 63.4 Å². The van der Waals surface area contributed by atoms with Crippen molar-refractivity contribution >= 4 is 40.8 Å². The Bertz CT molecular complexity index is 1410. The fourth-order valence-corrected chi connectivity index (χ4v) is 4.48. The van der Waals surface area contributed by atoms with Crippen LogP contribution in [0.15, 0.2) is 60.9 Å². The number of benzene rings is 1. The number of morpholine rings is 1. The van der Waals surface area contributed by atoms with Gasteiger partial charge in [0.25, 0.3) is 0 Å². The molecule has 3 aromatic rings. The highest BCUT2D eigenvalue weighted by Crippen LogP contribution is 2.34. The van der Waals surface area contributed by atoms with Crippen LogP contribution in [0.2, 0.25) is 0 Å². The molecule has 2 aliphatic rings. The van der Waals surface area contributed by atoms with E-state index in [2.05, 4.69) is 30.5 Å². The molecule has 0 aliphatic carbocycles. The molecular formula is C29H34N8O5. The topological polar surface area (TPSA) is 134 Å². The summed E-state index contributed by atoms with van der Waals surface area (Å²) < 4.78 is 15.9. The van der Waals surface area contributed by atoms with Crippen molar-refractivity contribution in [1.82, 2.24) is 24.8 Å². The highest BCUT2D eigenvalue weighted by molar-refractivity contribution is 6.03. The molecule has 2 N–H and O–H groups in total. The molecule has 0 radical (unpaired) electrons. The average Bonchev–Trinajstić information content (AvgIpc) is 3.00. The number of rotatable bonds is 11. The number of carbonyl (C=O) groups is 2. The van der Waals surface area contributed by atoms with Crippen LogP contribution in [0.25, 0.3) is 0 Å². The maximum absolute atomic E-state index is 13.4. The molecule has 3 amide bonds. The maximum Gasteiger partial charge on any atom is 0.330 e. The SMILES string of the molecule is COCCOc1ccc(Nc2ncc3c(n2)N(c2cccc(NC(=O)/C=C/CN4CCOCC4)c2)C(=O)N(C)C3)cn1. The fourth-order valence-electron chi connectivity index (χ4n) is 4.48. The van der Waals surface area contributed by atoms with Crippen LogP contribution in [0.1, 0.15) is 5.56 Å². The number of ether oxygens (including phenoxy) is 3. The van der Waals surface area contributed by atoms with Crippen LogP contribution in [-0.4, -0.2) is 96.9 Å². The Hall–Kier alpha value is -4.59. The fraction of sp³-hybridized carbons (Fsp3) is 0.345. The minimum atomic E-state index is -0.250. The van der Waals surface area contributed by atoms with E-state index in [4.69, 9.17) is 14.2 Å². The number of anilines is 5. The molecule has 220 valence electrons. The highest BCUT2D eigenvalue weighted by atomic mass is 16.5. The number of amides is 3. The second-order valence-electron chi connectivity index (χ2n) is 9.72. The normalized spacial score (nSPS) is 15.5. The predicted molar refractivity (Wildman–Crippen MR) is 157 cm³/mol. The molecule has 13 heteroatoms. The summed E-state index contributed by atoms with van der Waals surface area (Å²) in [7, 11) is 3.33. The van der Waals surface area contributed by atoms with E-state index in [1.165, 1.54) is 11.0 Å². The molecule has 0 saturated carbocycles. The van der Waals surface area contributed by atoms with Gasteiger partial charge in [0.1, 0.15) is 6.61 Å². The summed E-state index contributed by atoms with van der Waals surface area (Å²) in [5, 5.41) is 6.02. The van der Waals surface area contributed by atoms with E-state index in [0.717, 1.165) is 18.7 Å². The Morgan fingerprint density at radius 3 is 2.74 bits per heavy atom. The van der Waals surface area contributed by atoms with E-state index in [1.807, 2.05) is 6.08 Å². The van der Waals surface area contributed by atoms with Gasteiger partial charge in [-0.15, -0.1) is 0 Å². The number of nitrogens with zero attached hydrogens (tertiary/aromatic N) is 6. The van der Waals surface area contributed by atoms with Crippen molar-refractivity contribution in [2.75, 3.05) is 75.8 Å². The van der Waals surface area contributed by atoms with Crippen molar-refractivity contribution in [3.8, 4) is 5.88 Å². The van der Waals surface area contributed by atoms with Crippen molar-refractivity contribution in [3.05, 3.63) is 66.5 Å². The number of carbonyl (C=O) groups excluding carboxylic acids is 2. The number of hydrogen-bond acceptors (Lipinski definition) is 10. The first-order chi connectivity index (χ1) is 20.5. The zero-order chi connectivity index (χ0) is 29.3. The highest BCUT2D eigenvalue weighted by Gasteiger charge is 2.31. The summed E-state index contributed by atoms with van der Waals surface area (Å²) in [5.41, 5.74) is 2.56. The number of urea groups is 1. The quantitative estimate of drug-likeness (QED) is 0.260. The van der Waals surface area contributed by atoms with E-state index in [1.54, 1.807) is 67.8 Å². The Balaban J connectivity index is 1.30. The number of aromatic nitrogens is 3. The van der Waals surface area contributed by atoms with Crippen LogP contribution in [0, 0.1) is 0 Å². The van der Waals surface area contributed by atoms with Crippen LogP contribution < -0.4 is 20.3 Å². The molecule has 42 heavy (non-hydrogen) atoms. The smallest absolute Gasteiger partial charge is 0.330 e. The van der Waals surface area contributed by atoms with Crippen LogP contribution >= 0.6 is 0 Å². The van der Waals surface area contributed by atoms with E-state index in [0.29, 0.717) is 74.2 Å². The van der Waals surface area contributed by atoms with Gasteiger partial charge in [0.05, 0.1) is 43.9 Å². The monoisotopic (exact) mass is 574 g/mol. The third kappa shape index (κ3) is 7.37. The lowest BCUT2D eigenvalue weighted by Gasteiger charge is -2.34. The third-order valence-corrected chi connectivity index (χ3v) is 6.62. The van der Waals surface area contributed by atoms with Crippen LogP contribution in [-0.2, 0) is 20.8 Å². The molecule has 1 fully saturated rings. The van der Waals surface area contributed by atoms with E-state index in [9.17, 15) is 9.59 Å². The molecule has 0 unspecified atom stereocenters. The van der Waals surface area contributed by atoms with Crippen molar-refractivity contribution in [2.24, 2.45) is 0 Å². The summed E-state index contributed by atoms with van der Waals surface area (Å²) in [4.78, 5) is 44.7. The van der Waals surface area contributed by atoms with Gasteiger partial charge in [-0.05, 0) is 24.3 Å². The van der Waals surface area contributed by atoms with Crippen LogP contribution in [0.4, 0.5) is 33.6 Å². The van der Waals surface area contributed by atoms with Crippen molar-refractivity contribution in [2.45, 2.75) is 6.54 Å². The molecule has 2 aliphatic heterocycles. The summed E-state index contributed by atoms with van der Waals surface area (Å²) >= 11 is 0. The Morgan fingerprint density at radius 1 is 1.10 bits per heavy atom. The predicted octanol–water partition coefficient (Wildman–Crippen LogP) is 3.17. The van der Waals surface area contributed by atoms with E-state index in [-0.39, 0.29) is 11.9 Å². The molecule has 1 aromatic carbocycles. The first-order valence-corrected chi connectivity index (χ1v) is 13.6. The minimum Gasteiger partial charge on any atom is -0.475 e. The summed E-state index contributed by atoms with van der Waals surface area (Å²) in [6.45, 7) is 5.03. The summed E-state index contributed by atoms with van der Waals surface area (Å²) in [6.07, 6.45) is 6.67. The van der Waals surface area contributed by atoms with Gasteiger partial charge in [-0.25, -0.2) is 19.7 Å². The minimum absolute atomic E-state index is 0.250. The van der Waals surface area contributed by atoms with E-state index >= 15 is 0 Å². The molecule has 2 aromatic heterocycles. The van der Waals surface area contributed by atoms with Crippen molar-refractivity contribution in [1.29, 1.82) is 0 Å². The van der Waals surface area contributed by atoms with Gasteiger partial charge in [0.15, 0.2) is 5.82 Å².